The van der Waals surface area contributed by atoms with Crippen LogP contribution in [0.1, 0.15) is 11.1 Å². The molecular weight excluding hydrogens is 376 g/mol. The molecule has 0 aromatic heterocycles. The third-order valence-corrected chi connectivity index (χ3v) is 4.87. The first kappa shape index (κ1) is 18.1. The van der Waals surface area contributed by atoms with Crippen LogP contribution >= 0.6 is 23.4 Å². The summed E-state index contributed by atoms with van der Waals surface area (Å²) in [5.74, 6) is -0.193. The van der Waals surface area contributed by atoms with E-state index in [0.29, 0.717) is 16.6 Å². The van der Waals surface area contributed by atoms with Gasteiger partial charge in [0.05, 0.1) is 16.4 Å². The number of halogens is 1. The first-order valence-corrected chi connectivity index (χ1v) is 8.84. The van der Waals surface area contributed by atoms with Crippen molar-refractivity contribution in [1.82, 2.24) is 5.32 Å². The third kappa shape index (κ3) is 4.68. The van der Waals surface area contributed by atoms with Gasteiger partial charge >= 0.3 is 0 Å². The van der Waals surface area contributed by atoms with E-state index >= 15 is 0 Å². The lowest BCUT2D eigenvalue weighted by molar-refractivity contribution is -0.384. The SMILES string of the molecule is O=C1N/C(=N/N=C/c2ccc(Cl)cc2)SC1Cc1cccc([N+](=O)[O-])c1. The second-order valence-electron chi connectivity index (χ2n) is 5.43. The first-order chi connectivity index (χ1) is 12.5. The van der Waals surface area contributed by atoms with Crippen LogP contribution in [0.5, 0.6) is 0 Å². The summed E-state index contributed by atoms with van der Waals surface area (Å²) < 4.78 is 0. The Kier molecular flexibility index (Phi) is 5.65. The van der Waals surface area contributed by atoms with Gasteiger partial charge in [-0.2, -0.15) is 5.10 Å². The lowest BCUT2D eigenvalue weighted by Gasteiger charge is -2.04. The largest absolute Gasteiger partial charge is 0.303 e. The molecule has 0 radical (unpaired) electrons. The summed E-state index contributed by atoms with van der Waals surface area (Å²) in [4.78, 5) is 22.4. The summed E-state index contributed by atoms with van der Waals surface area (Å²) >= 11 is 7.06. The minimum Gasteiger partial charge on any atom is -0.303 e. The van der Waals surface area contributed by atoms with Crippen LogP contribution in [0.2, 0.25) is 5.02 Å². The molecule has 2 aromatic rings. The number of carbonyl (C=O) groups is 1. The molecule has 0 saturated carbocycles. The lowest BCUT2D eigenvalue weighted by atomic mass is 10.1. The second kappa shape index (κ2) is 8.11. The van der Waals surface area contributed by atoms with E-state index in [1.54, 1.807) is 42.6 Å². The van der Waals surface area contributed by atoms with Crippen molar-refractivity contribution >= 4 is 46.3 Å². The van der Waals surface area contributed by atoms with Gasteiger partial charge in [0.2, 0.25) is 5.91 Å². The smallest absolute Gasteiger partial charge is 0.269 e. The number of thioether (sulfide) groups is 1. The van der Waals surface area contributed by atoms with Crippen LogP contribution in [0.15, 0.2) is 58.7 Å². The first-order valence-electron chi connectivity index (χ1n) is 7.59. The van der Waals surface area contributed by atoms with Crippen molar-refractivity contribution in [2.24, 2.45) is 10.2 Å². The van der Waals surface area contributed by atoms with E-state index < -0.39 is 10.2 Å². The van der Waals surface area contributed by atoms with Gasteiger partial charge in [-0.25, -0.2) is 0 Å². The van der Waals surface area contributed by atoms with Crippen molar-refractivity contribution in [3.05, 3.63) is 74.8 Å². The van der Waals surface area contributed by atoms with E-state index in [1.807, 2.05) is 0 Å². The molecule has 1 aliphatic heterocycles. The molecule has 3 rings (SSSR count). The number of carbonyl (C=O) groups excluding carboxylic acids is 1. The Labute approximate surface area is 158 Å². The zero-order chi connectivity index (χ0) is 18.5. The number of amidine groups is 1. The third-order valence-electron chi connectivity index (χ3n) is 3.54. The molecule has 1 heterocycles. The number of non-ortho nitro benzene ring substituents is 1. The van der Waals surface area contributed by atoms with E-state index in [0.717, 1.165) is 11.1 Å². The van der Waals surface area contributed by atoms with Crippen LogP contribution in [-0.4, -0.2) is 27.5 Å². The van der Waals surface area contributed by atoms with Gasteiger partial charge in [-0.3, -0.25) is 14.9 Å². The predicted molar refractivity (Wildman–Crippen MR) is 103 cm³/mol. The van der Waals surface area contributed by atoms with Gasteiger partial charge < -0.3 is 5.32 Å². The van der Waals surface area contributed by atoms with Gasteiger partial charge in [-0.05, 0) is 29.7 Å². The maximum Gasteiger partial charge on any atom is 0.269 e. The Hall–Kier alpha value is -2.71. The summed E-state index contributed by atoms with van der Waals surface area (Å²) in [6, 6.07) is 13.4. The summed E-state index contributed by atoms with van der Waals surface area (Å²) in [7, 11) is 0. The minimum absolute atomic E-state index is 0.00681. The molecule has 7 nitrogen and oxygen atoms in total. The molecule has 1 amide bonds. The summed E-state index contributed by atoms with van der Waals surface area (Å²) in [6.07, 6.45) is 1.93. The maximum absolute atomic E-state index is 12.1. The Morgan fingerprint density at radius 3 is 2.77 bits per heavy atom. The highest BCUT2D eigenvalue weighted by Gasteiger charge is 2.30. The minimum atomic E-state index is -0.455. The normalized spacial score (nSPS) is 18.4. The van der Waals surface area contributed by atoms with E-state index in [-0.39, 0.29) is 11.6 Å². The highest BCUT2D eigenvalue weighted by molar-refractivity contribution is 8.15. The van der Waals surface area contributed by atoms with Crippen LogP contribution in [-0.2, 0) is 11.2 Å². The predicted octanol–water partition coefficient (Wildman–Crippen LogP) is 3.41. The topological polar surface area (TPSA) is 97.0 Å². The molecule has 0 bridgehead atoms. The van der Waals surface area contributed by atoms with E-state index in [1.165, 1.54) is 23.9 Å². The number of nitrogens with one attached hydrogen (secondary N) is 1. The Bertz CT molecular complexity index is 899. The second-order valence-corrected chi connectivity index (χ2v) is 7.06. The van der Waals surface area contributed by atoms with Gasteiger partial charge in [0.25, 0.3) is 5.69 Å². The standard InChI is InChI=1S/C17H13ClN4O3S/c18-13-6-4-11(5-7-13)10-19-21-17-20-16(23)15(26-17)9-12-2-1-3-14(8-12)22(24)25/h1-8,10,15H,9H2,(H,20,21,23)/b19-10+. The number of nitro benzene ring substituents is 1. The molecular formula is C17H13ClN4O3S. The van der Waals surface area contributed by atoms with Gasteiger partial charge in [-0.15, -0.1) is 5.10 Å². The van der Waals surface area contributed by atoms with Crippen molar-refractivity contribution in [2.45, 2.75) is 11.7 Å². The van der Waals surface area contributed by atoms with Crippen LogP contribution < -0.4 is 5.32 Å². The number of hydrogen-bond donors (Lipinski definition) is 1. The van der Waals surface area contributed by atoms with Crippen LogP contribution in [0.25, 0.3) is 0 Å². The van der Waals surface area contributed by atoms with Crippen molar-refractivity contribution in [3.63, 3.8) is 0 Å². The van der Waals surface area contributed by atoms with Crippen LogP contribution in [0.3, 0.4) is 0 Å². The number of amides is 1. The van der Waals surface area contributed by atoms with Crippen molar-refractivity contribution in [1.29, 1.82) is 0 Å². The quantitative estimate of drug-likeness (QED) is 0.482. The summed E-state index contributed by atoms with van der Waals surface area (Å²) in [6.45, 7) is 0. The molecule has 1 atom stereocenters. The number of nitro groups is 1. The number of rotatable bonds is 5. The van der Waals surface area contributed by atoms with Gasteiger partial charge in [0.1, 0.15) is 0 Å². The van der Waals surface area contributed by atoms with Crippen molar-refractivity contribution in [3.8, 4) is 0 Å². The molecule has 2 aromatic carbocycles. The molecule has 1 N–H and O–H groups in total. The van der Waals surface area contributed by atoms with Gasteiger partial charge in [-0.1, -0.05) is 47.6 Å². The fourth-order valence-corrected chi connectivity index (χ4v) is 3.39. The summed E-state index contributed by atoms with van der Waals surface area (Å²) in [5, 5.41) is 22.1. The molecule has 1 aliphatic rings. The van der Waals surface area contributed by atoms with Crippen LogP contribution in [0.4, 0.5) is 5.69 Å². The molecule has 1 unspecified atom stereocenters. The van der Waals surface area contributed by atoms with E-state index in [2.05, 4.69) is 15.5 Å². The number of nitrogens with zero attached hydrogens (tertiary/aromatic N) is 3. The Morgan fingerprint density at radius 1 is 1.27 bits per heavy atom. The summed E-state index contributed by atoms with van der Waals surface area (Å²) in [5.41, 5.74) is 1.56. The lowest BCUT2D eigenvalue weighted by Crippen LogP contribution is -2.25. The van der Waals surface area contributed by atoms with E-state index in [4.69, 9.17) is 11.6 Å². The monoisotopic (exact) mass is 388 g/mol. The Morgan fingerprint density at radius 2 is 2.04 bits per heavy atom. The zero-order valence-electron chi connectivity index (χ0n) is 13.3. The molecule has 1 fully saturated rings. The highest BCUT2D eigenvalue weighted by atomic mass is 35.5. The fourth-order valence-electron chi connectivity index (χ4n) is 2.29. The average Bonchev–Trinajstić information content (AvgIpc) is 2.96. The molecule has 9 heteroatoms. The van der Waals surface area contributed by atoms with Crippen LogP contribution in [0, 0.1) is 10.1 Å². The van der Waals surface area contributed by atoms with Crippen molar-refractivity contribution in [2.75, 3.05) is 0 Å². The number of benzene rings is 2. The molecule has 0 aliphatic carbocycles. The number of hydrogen-bond acceptors (Lipinski definition) is 6. The van der Waals surface area contributed by atoms with E-state index in [9.17, 15) is 14.9 Å². The molecule has 26 heavy (non-hydrogen) atoms. The Balaban J connectivity index is 1.64. The highest BCUT2D eigenvalue weighted by Crippen LogP contribution is 2.24. The average molecular weight is 389 g/mol. The fraction of sp³-hybridized carbons (Fsp3) is 0.118. The molecule has 0 spiro atoms. The molecule has 1 saturated heterocycles. The van der Waals surface area contributed by atoms with Gasteiger partial charge in [0, 0.05) is 17.2 Å². The molecule has 132 valence electrons. The van der Waals surface area contributed by atoms with Gasteiger partial charge in [0.15, 0.2) is 5.17 Å². The zero-order valence-corrected chi connectivity index (χ0v) is 14.9. The van der Waals surface area contributed by atoms with Crippen molar-refractivity contribution < 1.29 is 9.72 Å². The maximum atomic E-state index is 12.1.